The lowest BCUT2D eigenvalue weighted by Crippen LogP contribution is -1.89. The lowest BCUT2D eigenvalue weighted by atomic mass is 10.1. The van der Waals surface area contributed by atoms with Crippen LogP contribution in [0.5, 0.6) is 5.75 Å². The van der Waals surface area contributed by atoms with Crippen molar-refractivity contribution in [2.75, 3.05) is 7.11 Å². The average molecular weight is 289 g/mol. The highest BCUT2D eigenvalue weighted by Crippen LogP contribution is 2.31. The zero-order valence-electron chi connectivity index (χ0n) is 12.4. The van der Waals surface area contributed by atoms with Crippen LogP contribution in [0.1, 0.15) is 22.4 Å². The van der Waals surface area contributed by atoms with E-state index in [0.29, 0.717) is 11.3 Å². The Labute approximate surface area is 128 Å². The number of hydrogen-bond acceptors (Lipinski definition) is 3. The van der Waals surface area contributed by atoms with Crippen LogP contribution < -0.4 is 4.74 Å². The molecule has 2 aromatic carbocycles. The van der Waals surface area contributed by atoms with E-state index in [-0.39, 0.29) is 0 Å². The van der Waals surface area contributed by atoms with Crippen molar-refractivity contribution in [2.24, 2.45) is 0 Å². The van der Waals surface area contributed by atoms with Gasteiger partial charge in [0.05, 0.1) is 29.3 Å². The van der Waals surface area contributed by atoms with E-state index < -0.39 is 0 Å². The Morgan fingerprint density at radius 1 is 1.14 bits per heavy atom. The maximum atomic E-state index is 9.19. The van der Waals surface area contributed by atoms with Crippen LogP contribution in [0.25, 0.3) is 23.1 Å². The molecule has 1 heterocycles. The van der Waals surface area contributed by atoms with Crippen molar-refractivity contribution in [2.45, 2.75) is 6.92 Å². The standard InChI is InChI=1S/C18H15N3O/c1-12-3-5-13(6-4-12)7-9-15-17-16(21-20-15)10-8-14(11-19)18(17)22-2/h3-10H,1-2H3,(H,20,21)/b9-7+. The third-order valence-corrected chi connectivity index (χ3v) is 3.55. The molecule has 0 atom stereocenters. The summed E-state index contributed by atoms with van der Waals surface area (Å²) in [6.45, 7) is 2.06. The second-order valence-corrected chi connectivity index (χ2v) is 5.03. The van der Waals surface area contributed by atoms with E-state index >= 15 is 0 Å². The molecule has 0 saturated heterocycles. The summed E-state index contributed by atoms with van der Waals surface area (Å²) >= 11 is 0. The largest absolute Gasteiger partial charge is 0.495 e. The number of aromatic amines is 1. The Hall–Kier alpha value is -3.06. The number of aromatic nitrogens is 2. The molecule has 0 spiro atoms. The summed E-state index contributed by atoms with van der Waals surface area (Å²) in [6.07, 6.45) is 3.92. The SMILES string of the molecule is COc1c(C#N)ccc2[nH]nc(/C=C/c3ccc(C)cc3)c12. The molecule has 0 aliphatic rings. The first kappa shape index (κ1) is 13.9. The fourth-order valence-electron chi connectivity index (χ4n) is 2.38. The number of H-pyrrole nitrogens is 1. The Balaban J connectivity index is 2.08. The zero-order chi connectivity index (χ0) is 15.5. The second-order valence-electron chi connectivity index (χ2n) is 5.03. The van der Waals surface area contributed by atoms with Crippen LogP contribution in [0, 0.1) is 18.3 Å². The van der Waals surface area contributed by atoms with Gasteiger partial charge in [-0.15, -0.1) is 0 Å². The molecule has 108 valence electrons. The summed E-state index contributed by atoms with van der Waals surface area (Å²) < 4.78 is 5.40. The molecule has 4 nitrogen and oxygen atoms in total. The van der Waals surface area contributed by atoms with Gasteiger partial charge in [-0.2, -0.15) is 10.4 Å². The number of benzene rings is 2. The average Bonchev–Trinajstić information content (AvgIpc) is 2.96. The molecule has 0 saturated carbocycles. The van der Waals surface area contributed by atoms with E-state index in [0.717, 1.165) is 22.2 Å². The van der Waals surface area contributed by atoms with Gasteiger partial charge in [-0.25, -0.2) is 0 Å². The van der Waals surface area contributed by atoms with Crippen molar-refractivity contribution in [3.63, 3.8) is 0 Å². The van der Waals surface area contributed by atoms with Gasteiger partial charge >= 0.3 is 0 Å². The van der Waals surface area contributed by atoms with Crippen molar-refractivity contribution >= 4 is 23.1 Å². The molecule has 0 unspecified atom stereocenters. The molecule has 1 N–H and O–H groups in total. The van der Waals surface area contributed by atoms with E-state index in [4.69, 9.17) is 4.74 Å². The Bertz CT molecular complexity index is 883. The first-order valence-electron chi connectivity index (χ1n) is 6.93. The normalized spacial score (nSPS) is 11.0. The van der Waals surface area contributed by atoms with Gasteiger partial charge in [0.2, 0.25) is 0 Å². The van der Waals surface area contributed by atoms with Gasteiger partial charge in [0.25, 0.3) is 0 Å². The third-order valence-electron chi connectivity index (χ3n) is 3.55. The molecule has 1 aromatic heterocycles. The number of nitriles is 1. The predicted molar refractivity (Wildman–Crippen MR) is 87.5 cm³/mol. The van der Waals surface area contributed by atoms with E-state index in [9.17, 15) is 5.26 Å². The number of rotatable bonds is 3. The number of nitrogens with zero attached hydrogens (tertiary/aromatic N) is 2. The molecular weight excluding hydrogens is 274 g/mol. The van der Waals surface area contributed by atoms with Crippen molar-refractivity contribution in [1.82, 2.24) is 10.2 Å². The number of aryl methyl sites for hydroxylation is 1. The van der Waals surface area contributed by atoms with Gasteiger partial charge in [-0.05, 0) is 30.7 Å². The van der Waals surface area contributed by atoms with Crippen LogP contribution in [0.15, 0.2) is 36.4 Å². The van der Waals surface area contributed by atoms with Crippen molar-refractivity contribution < 1.29 is 4.74 Å². The number of ether oxygens (including phenoxy) is 1. The Morgan fingerprint density at radius 3 is 2.59 bits per heavy atom. The van der Waals surface area contributed by atoms with E-state index in [2.05, 4.69) is 47.5 Å². The van der Waals surface area contributed by atoms with E-state index in [1.54, 1.807) is 13.2 Å². The lowest BCUT2D eigenvalue weighted by molar-refractivity contribution is 0.418. The number of fused-ring (bicyclic) bond motifs is 1. The maximum Gasteiger partial charge on any atom is 0.148 e. The monoisotopic (exact) mass is 289 g/mol. The fraction of sp³-hybridized carbons (Fsp3) is 0.111. The summed E-state index contributed by atoms with van der Waals surface area (Å²) in [5, 5.41) is 17.3. The number of nitrogens with one attached hydrogen (secondary N) is 1. The van der Waals surface area contributed by atoms with Gasteiger partial charge in [0.15, 0.2) is 0 Å². The predicted octanol–water partition coefficient (Wildman–Crippen LogP) is 3.92. The topological polar surface area (TPSA) is 61.7 Å². The van der Waals surface area contributed by atoms with Gasteiger partial charge in [0.1, 0.15) is 11.8 Å². The summed E-state index contributed by atoms with van der Waals surface area (Å²) in [6, 6.07) is 14.0. The van der Waals surface area contributed by atoms with E-state index in [1.807, 2.05) is 18.2 Å². The van der Waals surface area contributed by atoms with Gasteiger partial charge in [0, 0.05) is 0 Å². The molecule has 4 heteroatoms. The van der Waals surface area contributed by atoms with Crippen LogP contribution in [-0.4, -0.2) is 17.3 Å². The molecule has 0 aliphatic heterocycles. The Morgan fingerprint density at radius 2 is 1.91 bits per heavy atom. The fourth-order valence-corrected chi connectivity index (χ4v) is 2.38. The quantitative estimate of drug-likeness (QED) is 0.794. The molecule has 0 bridgehead atoms. The summed E-state index contributed by atoms with van der Waals surface area (Å²) in [4.78, 5) is 0. The van der Waals surface area contributed by atoms with E-state index in [1.165, 1.54) is 5.56 Å². The van der Waals surface area contributed by atoms with Crippen LogP contribution in [0.3, 0.4) is 0 Å². The van der Waals surface area contributed by atoms with Crippen molar-refractivity contribution in [3.8, 4) is 11.8 Å². The molecule has 22 heavy (non-hydrogen) atoms. The van der Waals surface area contributed by atoms with Crippen molar-refractivity contribution in [1.29, 1.82) is 5.26 Å². The highest BCUT2D eigenvalue weighted by molar-refractivity contribution is 5.95. The molecule has 3 rings (SSSR count). The molecule has 0 amide bonds. The summed E-state index contributed by atoms with van der Waals surface area (Å²) in [5.41, 5.74) is 4.42. The number of methoxy groups -OCH3 is 1. The lowest BCUT2D eigenvalue weighted by Gasteiger charge is -2.04. The van der Waals surface area contributed by atoms with Crippen LogP contribution in [-0.2, 0) is 0 Å². The van der Waals surface area contributed by atoms with Gasteiger partial charge < -0.3 is 4.74 Å². The molecule has 3 aromatic rings. The molecule has 0 fully saturated rings. The maximum absolute atomic E-state index is 9.19. The first-order chi connectivity index (χ1) is 10.7. The smallest absolute Gasteiger partial charge is 0.148 e. The zero-order valence-corrected chi connectivity index (χ0v) is 12.4. The van der Waals surface area contributed by atoms with Crippen LogP contribution >= 0.6 is 0 Å². The van der Waals surface area contributed by atoms with Gasteiger partial charge in [-0.1, -0.05) is 35.9 Å². The minimum Gasteiger partial charge on any atom is -0.495 e. The molecule has 0 radical (unpaired) electrons. The number of hydrogen-bond donors (Lipinski definition) is 1. The van der Waals surface area contributed by atoms with Crippen LogP contribution in [0.4, 0.5) is 0 Å². The second kappa shape index (κ2) is 5.74. The minimum absolute atomic E-state index is 0.501. The first-order valence-corrected chi connectivity index (χ1v) is 6.93. The van der Waals surface area contributed by atoms with Crippen LogP contribution in [0.2, 0.25) is 0 Å². The molecule has 0 aliphatic carbocycles. The summed E-state index contributed by atoms with van der Waals surface area (Å²) in [5.74, 6) is 0.553. The Kier molecular flexibility index (Phi) is 3.63. The summed E-state index contributed by atoms with van der Waals surface area (Å²) in [7, 11) is 1.57. The molecular formula is C18H15N3O. The van der Waals surface area contributed by atoms with Gasteiger partial charge in [-0.3, -0.25) is 5.10 Å². The highest BCUT2D eigenvalue weighted by Gasteiger charge is 2.13. The minimum atomic E-state index is 0.501. The van der Waals surface area contributed by atoms with Crippen molar-refractivity contribution in [3.05, 3.63) is 58.8 Å². The third kappa shape index (κ3) is 2.45. The highest BCUT2D eigenvalue weighted by atomic mass is 16.5.